The molecule has 1 atom stereocenters. The molecule has 5 heteroatoms. The number of alkyl halides is 2. The molecule has 1 heterocycles. The van der Waals surface area contributed by atoms with Crippen molar-refractivity contribution in [2.75, 3.05) is 13.6 Å². The van der Waals surface area contributed by atoms with Gasteiger partial charge in [0.2, 0.25) is 0 Å². The first-order chi connectivity index (χ1) is 4.61. The molecule has 1 aliphatic heterocycles. The summed E-state index contributed by atoms with van der Waals surface area (Å²) >= 11 is 3.05. The van der Waals surface area contributed by atoms with Crippen molar-refractivity contribution in [3.63, 3.8) is 0 Å². The maximum absolute atomic E-state index is 11.9. The Kier molecular flexibility index (Phi) is 2.23. The second kappa shape index (κ2) is 2.82. The summed E-state index contributed by atoms with van der Waals surface area (Å²) in [5, 5.41) is 0. The van der Waals surface area contributed by atoms with E-state index in [0.717, 1.165) is 0 Å². The van der Waals surface area contributed by atoms with Crippen molar-refractivity contribution in [1.29, 1.82) is 0 Å². The predicted molar refractivity (Wildman–Crippen MR) is 38.8 cm³/mol. The van der Waals surface area contributed by atoms with E-state index in [4.69, 9.17) is 0 Å². The Hall–Kier alpha value is -0.190. The molecule has 0 amide bonds. The number of hydrogen-bond acceptors (Lipinski definition) is 2. The lowest BCUT2D eigenvalue weighted by molar-refractivity contribution is 0.115. The Morgan fingerprint density at radius 3 is 2.60 bits per heavy atom. The smallest absolute Gasteiger partial charge is 0.262 e. The Balaban J connectivity index is 2.56. The fourth-order valence-corrected chi connectivity index (χ4v) is 1.18. The molecular weight excluding hydrogens is 206 g/mol. The minimum atomic E-state index is -2.35. The van der Waals surface area contributed by atoms with Gasteiger partial charge in [-0.1, -0.05) is 0 Å². The monoisotopic (exact) mass is 212 g/mol. The minimum absolute atomic E-state index is 0.304. The van der Waals surface area contributed by atoms with Crippen LogP contribution in [-0.4, -0.2) is 35.7 Å². The maximum atomic E-state index is 11.9. The van der Waals surface area contributed by atoms with E-state index in [0.29, 0.717) is 11.3 Å². The Labute approximate surface area is 66.0 Å². The minimum Gasteiger partial charge on any atom is -0.352 e. The van der Waals surface area contributed by atoms with Crippen molar-refractivity contribution in [1.82, 2.24) is 4.90 Å². The van der Waals surface area contributed by atoms with E-state index in [9.17, 15) is 8.78 Å². The second-order valence-corrected chi connectivity index (χ2v) is 2.89. The Morgan fingerprint density at radius 2 is 2.40 bits per heavy atom. The summed E-state index contributed by atoms with van der Waals surface area (Å²) in [6.07, 6.45) is -2.35. The zero-order valence-electron chi connectivity index (χ0n) is 5.39. The van der Waals surface area contributed by atoms with Gasteiger partial charge in [-0.2, -0.15) is 0 Å². The summed E-state index contributed by atoms with van der Waals surface area (Å²) in [4.78, 5) is 5.33. The third-order valence-electron chi connectivity index (χ3n) is 1.34. The molecule has 1 unspecified atom stereocenters. The van der Waals surface area contributed by atoms with Crippen molar-refractivity contribution < 1.29 is 8.78 Å². The van der Waals surface area contributed by atoms with Crippen molar-refractivity contribution in [2.45, 2.75) is 12.5 Å². The van der Waals surface area contributed by atoms with Crippen molar-refractivity contribution in [3.8, 4) is 0 Å². The van der Waals surface area contributed by atoms with Gasteiger partial charge in [-0.15, -0.1) is 0 Å². The average molecular weight is 213 g/mol. The third-order valence-corrected chi connectivity index (χ3v) is 2.15. The lowest BCUT2D eigenvalue weighted by Crippen LogP contribution is -2.25. The topological polar surface area (TPSA) is 15.6 Å². The highest BCUT2D eigenvalue weighted by molar-refractivity contribution is 9.18. The molecule has 0 aromatic heterocycles. The summed E-state index contributed by atoms with van der Waals surface area (Å²) in [6, 6.07) is -0.848. The summed E-state index contributed by atoms with van der Waals surface area (Å²) in [7, 11) is 1.72. The van der Waals surface area contributed by atoms with Gasteiger partial charge in [0.15, 0.2) is 4.74 Å². The largest absolute Gasteiger partial charge is 0.352 e. The molecule has 0 aliphatic carbocycles. The molecule has 2 nitrogen and oxygen atoms in total. The molecule has 0 spiro atoms. The van der Waals surface area contributed by atoms with E-state index >= 15 is 0 Å². The van der Waals surface area contributed by atoms with Gasteiger partial charge in [0.1, 0.15) is 6.04 Å². The van der Waals surface area contributed by atoms with Gasteiger partial charge in [-0.25, -0.2) is 8.78 Å². The fourth-order valence-electron chi connectivity index (χ4n) is 0.768. The molecule has 1 aliphatic rings. The molecule has 0 aromatic rings. The summed E-state index contributed by atoms with van der Waals surface area (Å²) in [6.45, 7) is 0.304. The lowest BCUT2D eigenvalue weighted by atomic mass is 10.3. The second-order valence-electron chi connectivity index (χ2n) is 2.18. The van der Waals surface area contributed by atoms with Crippen molar-refractivity contribution >= 4 is 20.7 Å². The third kappa shape index (κ3) is 1.45. The average Bonchev–Trinajstić information content (AvgIpc) is 2.13. The van der Waals surface area contributed by atoms with Gasteiger partial charge in [0.25, 0.3) is 6.43 Å². The van der Waals surface area contributed by atoms with Crippen LogP contribution in [0.1, 0.15) is 0 Å². The quantitative estimate of drug-likeness (QED) is 0.599. The highest BCUT2D eigenvalue weighted by atomic mass is 79.9. The van der Waals surface area contributed by atoms with Crippen molar-refractivity contribution in [2.24, 2.45) is 4.99 Å². The van der Waals surface area contributed by atoms with Crippen LogP contribution in [0, 0.1) is 0 Å². The number of halogens is 3. The van der Waals surface area contributed by atoms with Crippen LogP contribution in [0.15, 0.2) is 4.99 Å². The van der Waals surface area contributed by atoms with E-state index in [-0.39, 0.29) is 0 Å². The SMILES string of the molecule is CN1CC(C(F)F)N=C1Br. The number of aliphatic imine (C=N–C) groups is 1. The van der Waals surface area contributed by atoms with Gasteiger partial charge >= 0.3 is 0 Å². The molecule has 0 saturated carbocycles. The highest BCUT2D eigenvalue weighted by Crippen LogP contribution is 2.16. The molecule has 58 valence electrons. The molecule has 1 rings (SSSR count). The van der Waals surface area contributed by atoms with Crippen LogP contribution in [0.2, 0.25) is 0 Å². The van der Waals surface area contributed by atoms with Gasteiger partial charge in [0, 0.05) is 13.6 Å². The normalized spacial score (nSPS) is 25.9. The van der Waals surface area contributed by atoms with Gasteiger partial charge in [-0.05, 0) is 15.9 Å². The molecule has 0 bridgehead atoms. The van der Waals surface area contributed by atoms with Crippen molar-refractivity contribution in [3.05, 3.63) is 0 Å². The maximum Gasteiger partial charge on any atom is 0.262 e. The van der Waals surface area contributed by atoms with Crippen LogP contribution in [0.5, 0.6) is 0 Å². The number of nitrogens with zero attached hydrogens (tertiary/aromatic N) is 2. The van der Waals surface area contributed by atoms with Crippen LogP contribution in [0.25, 0.3) is 0 Å². The zero-order valence-corrected chi connectivity index (χ0v) is 6.98. The Bertz CT molecular complexity index is 160. The van der Waals surface area contributed by atoms with Crippen LogP contribution in [-0.2, 0) is 0 Å². The molecule has 0 aromatic carbocycles. The standard InChI is InChI=1S/C5H7BrF2N2/c1-10-2-3(4(7)8)9-5(10)6/h3-4H,2H2,1H3. The van der Waals surface area contributed by atoms with Crippen LogP contribution in [0.4, 0.5) is 8.78 Å². The van der Waals surface area contributed by atoms with Crippen LogP contribution in [0.3, 0.4) is 0 Å². The first-order valence-corrected chi connectivity index (χ1v) is 3.63. The predicted octanol–water partition coefficient (Wildman–Crippen LogP) is 1.32. The number of rotatable bonds is 1. The molecule has 0 fully saturated rings. The highest BCUT2D eigenvalue weighted by Gasteiger charge is 2.27. The van der Waals surface area contributed by atoms with Gasteiger partial charge < -0.3 is 4.90 Å². The number of hydrogen-bond donors (Lipinski definition) is 0. The molecule has 0 N–H and O–H groups in total. The van der Waals surface area contributed by atoms with Gasteiger partial charge in [0.05, 0.1) is 0 Å². The van der Waals surface area contributed by atoms with E-state index in [1.807, 2.05) is 0 Å². The summed E-state index contributed by atoms with van der Waals surface area (Å²) in [5.74, 6) is 0. The van der Waals surface area contributed by atoms with Crippen LogP contribution < -0.4 is 0 Å². The Morgan fingerprint density at radius 1 is 1.80 bits per heavy atom. The van der Waals surface area contributed by atoms with E-state index in [2.05, 4.69) is 20.9 Å². The van der Waals surface area contributed by atoms with Crippen LogP contribution >= 0.6 is 15.9 Å². The summed E-state index contributed by atoms with van der Waals surface area (Å²) in [5.41, 5.74) is 0. The number of amidine groups is 1. The van der Waals surface area contributed by atoms with E-state index in [1.165, 1.54) is 0 Å². The zero-order chi connectivity index (χ0) is 7.72. The van der Waals surface area contributed by atoms with E-state index in [1.54, 1.807) is 11.9 Å². The first kappa shape index (κ1) is 7.91. The number of likely N-dealkylation sites (N-methyl/N-ethyl adjacent to an activating group) is 1. The van der Waals surface area contributed by atoms with Gasteiger partial charge in [-0.3, -0.25) is 4.99 Å². The molecular formula is C5H7BrF2N2. The lowest BCUT2D eigenvalue weighted by Gasteiger charge is -2.09. The fraction of sp³-hybridized carbons (Fsp3) is 0.800. The molecule has 10 heavy (non-hydrogen) atoms. The first-order valence-electron chi connectivity index (χ1n) is 2.84. The van der Waals surface area contributed by atoms with E-state index < -0.39 is 12.5 Å². The molecule has 0 radical (unpaired) electrons. The summed E-state index contributed by atoms with van der Waals surface area (Å²) < 4.78 is 24.4. The molecule has 0 saturated heterocycles.